The fourth-order valence-corrected chi connectivity index (χ4v) is 2.57. The second kappa shape index (κ2) is 5.99. The number of hydrogen-bond donors (Lipinski definition) is 1. The van der Waals surface area contributed by atoms with E-state index in [-0.39, 0.29) is 0 Å². The Morgan fingerprint density at radius 1 is 1.16 bits per heavy atom. The minimum atomic E-state index is -0.601. The van der Waals surface area contributed by atoms with Crippen molar-refractivity contribution in [1.29, 1.82) is 0 Å². The molecular weight excluding hydrogens is 336 g/mol. The molecule has 0 radical (unpaired) electrons. The predicted molar refractivity (Wildman–Crippen MR) is 76.4 cm³/mol. The maximum absolute atomic E-state index is 13.9. The van der Waals surface area contributed by atoms with Gasteiger partial charge in [0.05, 0.1) is 11.1 Å². The van der Waals surface area contributed by atoms with E-state index in [4.69, 9.17) is 11.6 Å². The van der Waals surface area contributed by atoms with E-state index in [0.29, 0.717) is 10.6 Å². The van der Waals surface area contributed by atoms with Crippen molar-refractivity contribution in [2.45, 2.75) is 6.04 Å². The third-order valence-corrected chi connectivity index (χ3v) is 4.17. The first-order chi connectivity index (χ1) is 9.04. The van der Waals surface area contributed by atoms with Crippen molar-refractivity contribution in [1.82, 2.24) is 5.32 Å². The number of halogens is 4. The Morgan fingerprint density at radius 2 is 1.89 bits per heavy atom. The van der Waals surface area contributed by atoms with E-state index in [1.165, 1.54) is 12.1 Å². The van der Waals surface area contributed by atoms with Gasteiger partial charge in [-0.2, -0.15) is 0 Å². The van der Waals surface area contributed by atoms with Gasteiger partial charge in [-0.15, -0.1) is 0 Å². The van der Waals surface area contributed by atoms with Crippen molar-refractivity contribution < 1.29 is 8.78 Å². The second-order valence-electron chi connectivity index (χ2n) is 4.03. The maximum atomic E-state index is 13.9. The molecule has 2 rings (SSSR count). The normalized spacial score (nSPS) is 12.5. The van der Waals surface area contributed by atoms with E-state index in [1.807, 2.05) is 6.07 Å². The molecule has 0 aliphatic heterocycles. The standard InChI is InChI=1S/C14H11BrClF2N/c1-19-14(9-6-5-8(17)7-12(9)18)10-3-2-4-11(15)13(10)16/h2-7,14,19H,1H3. The van der Waals surface area contributed by atoms with Gasteiger partial charge in [-0.05, 0) is 40.7 Å². The summed E-state index contributed by atoms with van der Waals surface area (Å²) in [5, 5.41) is 3.50. The van der Waals surface area contributed by atoms with E-state index in [0.717, 1.165) is 16.1 Å². The van der Waals surface area contributed by atoms with Crippen LogP contribution in [0.4, 0.5) is 8.78 Å². The van der Waals surface area contributed by atoms with Gasteiger partial charge in [-0.25, -0.2) is 8.78 Å². The van der Waals surface area contributed by atoms with Crippen LogP contribution < -0.4 is 5.32 Å². The molecule has 100 valence electrons. The zero-order chi connectivity index (χ0) is 14.0. The zero-order valence-corrected chi connectivity index (χ0v) is 12.4. The van der Waals surface area contributed by atoms with Gasteiger partial charge >= 0.3 is 0 Å². The van der Waals surface area contributed by atoms with E-state index < -0.39 is 17.7 Å². The van der Waals surface area contributed by atoms with Crippen molar-refractivity contribution in [2.75, 3.05) is 7.05 Å². The van der Waals surface area contributed by atoms with Gasteiger partial charge in [0.25, 0.3) is 0 Å². The van der Waals surface area contributed by atoms with E-state index in [1.54, 1.807) is 19.2 Å². The molecule has 0 heterocycles. The van der Waals surface area contributed by atoms with Crippen LogP contribution in [0.25, 0.3) is 0 Å². The molecule has 0 fully saturated rings. The van der Waals surface area contributed by atoms with Gasteiger partial charge in [-0.3, -0.25) is 0 Å². The first kappa shape index (κ1) is 14.4. The Bertz CT molecular complexity index is 604. The van der Waals surface area contributed by atoms with Gasteiger partial charge in [-0.1, -0.05) is 29.8 Å². The third-order valence-electron chi connectivity index (χ3n) is 2.85. The lowest BCUT2D eigenvalue weighted by Crippen LogP contribution is -2.19. The van der Waals surface area contributed by atoms with Crippen LogP contribution in [0.15, 0.2) is 40.9 Å². The topological polar surface area (TPSA) is 12.0 Å². The van der Waals surface area contributed by atoms with Gasteiger partial charge < -0.3 is 5.32 Å². The number of hydrogen-bond acceptors (Lipinski definition) is 1. The van der Waals surface area contributed by atoms with E-state index in [9.17, 15) is 8.78 Å². The average Bonchev–Trinajstić information content (AvgIpc) is 2.37. The molecule has 2 aromatic rings. The summed E-state index contributed by atoms with van der Waals surface area (Å²) >= 11 is 9.55. The van der Waals surface area contributed by atoms with Gasteiger partial charge in [0.2, 0.25) is 0 Å². The molecule has 0 aliphatic rings. The fraction of sp³-hybridized carbons (Fsp3) is 0.143. The predicted octanol–water partition coefficient (Wildman–Crippen LogP) is 4.69. The summed E-state index contributed by atoms with van der Waals surface area (Å²) in [6, 6.07) is 8.50. The number of benzene rings is 2. The van der Waals surface area contributed by atoms with Crippen molar-refractivity contribution in [2.24, 2.45) is 0 Å². The summed E-state index contributed by atoms with van der Waals surface area (Å²) in [4.78, 5) is 0. The second-order valence-corrected chi connectivity index (χ2v) is 5.26. The monoisotopic (exact) mass is 345 g/mol. The molecule has 0 aliphatic carbocycles. The summed E-state index contributed by atoms with van der Waals surface area (Å²) in [5.41, 5.74) is 1.08. The Labute approximate surface area is 123 Å². The summed E-state index contributed by atoms with van der Waals surface area (Å²) in [6.45, 7) is 0. The van der Waals surface area contributed by atoms with Crippen LogP contribution in [0.1, 0.15) is 17.2 Å². The fourth-order valence-electron chi connectivity index (χ4n) is 1.96. The van der Waals surface area contributed by atoms with Gasteiger partial charge in [0.15, 0.2) is 0 Å². The molecule has 1 unspecified atom stereocenters. The summed E-state index contributed by atoms with van der Waals surface area (Å²) in [7, 11) is 1.70. The minimum Gasteiger partial charge on any atom is -0.309 e. The molecule has 0 saturated carbocycles. The molecule has 0 aromatic heterocycles. The third kappa shape index (κ3) is 2.96. The highest BCUT2D eigenvalue weighted by Gasteiger charge is 2.20. The Kier molecular flexibility index (Phi) is 4.55. The molecule has 1 atom stereocenters. The molecule has 0 saturated heterocycles. The molecule has 5 heteroatoms. The first-order valence-electron chi connectivity index (χ1n) is 5.60. The summed E-state index contributed by atoms with van der Waals surface area (Å²) < 4.78 is 27.6. The van der Waals surface area contributed by atoms with Gasteiger partial charge in [0.1, 0.15) is 11.6 Å². The lowest BCUT2D eigenvalue weighted by molar-refractivity contribution is 0.552. The number of rotatable bonds is 3. The van der Waals surface area contributed by atoms with Crippen LogP contribution in [0.2, 0.25) is 5.02 Å². The van der Waals surface area contributed by atoms with Crippen LogP contribution in [0.5, 0.6) is 0 Å². The highest BCUT2D eigenvalue weighted by molar-refractivity contribution is 9.10. The van der Waals surface area contributed by atoms with E-state index in [2.05, 4.69) is 21.2 Å². The molecule has 1 N–H and O–H groups in total. The van der Waals surface area contributed by atoms with Crippen molar-refractivity contribution in [3.63, 3.8) is 0 Å². The zero-order valence-electron chi connectivity index (χ0n) is 10.1. The summed E-state index contributed by atoms with van der Waals surface area (Å²) in [6.07, 6.45) is 0. The van der Waals surface area contributed by atoms with Crippen LogP contribution in [0.3, 0.4) is 0 Å². The molecule has 19 heavy (non-hydrogen) atoms. The average molecular weight is 347 g/mol. The highest BCUT2D eigenvalue weighted by atomic mass is 79.9. The molecule has 0 spiro atoms. The summed E-state index contributed by atoms with van der Waals surface area (Å²) in [5.74, 6) is -1.20. The molecular formula is C14H11BrClF2N. The number of nitrogens with one attached hydrogen (secondary N) is 1. The van der Waals surface area contributed by atoms with Crippen LogP contribution in [-0.2, 0) is 0 Å². The van der Waals surface area contributed by atoms with Crippen molar-refractivity contribution in [3.05, 3.63) is 68.7 Å². The largest absolute Gasteiger partial charge is 0.309 e. The first-order valence-corrected chi connectivity index (χ1v) is 6.77. The molecule has 2 aromatic carbocycles. The van der Waals surface area contributed by atoms with Crippen LogP contribution in [-0.4, -0.2) is 7.05 Å². The minimum absolute atomic E-state index is 0.351. The quantitative estimate of drug-likeness (QED) is 0.850. The van der Waals surface area contributed by atoms with E-state index >= 15 is 0 Å². The maximum Gasteiger partial charge on any atom is 0.131 e. The lowest BCUT2D eigenvalue weighted by Gasteiger charge is -2.19. The Balaban J connectivity index is 2.53. The smallest absolute Gasteiger partial charge is 0.131 e. The Morgan fingerprint density at radius 3 is 2.53 bits per heavy atom. The van der Waals surface area contributed by atoms with Gasteiger partial charge in [0, 0.05) is 16.1 Å². The van der Waals surface area contributed by atoms with Crippen molar-refractivity contribution in [3.8, 4) is 0 Å². The van der Waals surface area contributed by atoms with Crippen LogP contribution in [0, 0.1) is 11.6 Å². The SMILES string of the molecule is CNC(c1ccc(F)cc1F)c1cccc(Br)c1Cl. The molecule has 0 amide bonds. The molecule has 1 nitrogen and oxygen atoms in total. The molecule has 0 bridgehead atoms. The van der Waals surface area contributed by atoms with Crippen molar-refractivity contribution >= 4 is 27.5 Å². The lowest BCUT2D eigenvalue weighted by atomic mass is 9.98. The van der Waals surface area contributed by atoms with Crippen LogP contribution >= 0.6 is 27.5 Å². The highest BCUT2D eigenvalue weighted by Crippen LogP contribution is 2.34. The Hall–Kier alpha value is -0.970.